The highest BCUT2D eigenvalue weighted by Gasteiger charge is 2.45. The second-order valence-electron chi connectivity index (χ2n) is 8.88. The standard InChI is InChI=1S/C25H21FN2O4/c1-4-25(31)16-7-19-22-14(9-28(19)23(29)15(16)10-32-24(25)30)20-11(2)5-6-13-12(3)17(26)8-18(27-22)21(13)20/h7-8,31H,2,4-6,9-10H2,1,3H3/t25-/m0/s1. The number of rotatable bonds is 1. The van der Waals surface area contributed by atoms with Crippen molar-refractivity contribution in [3.8, 4) is 11.4 Å². The number of ether oxygens (including phenoxy) is 1. The van der Waals surface area contributed by atoms with Gasteiger partial charge in [0, 0.05) is 22.6 Å². The third kappa shape index (κ3) is 2.19. The Hall–Kier alpha value is -3.32. The summed E-state index contributed by atoms with van der Waals surface area (Å²) in [5.74, 6) is -1.06. The quantitative estimate of drug-likeness (QED) is 0.466. The molecule has 0 bridgehead atoms. The van der Waals surface area contributed by atoms with Gasteiger partial charge in [0.2, 0.25) is 0 Å². The van der Waals surface area contributed by atoms with Crippen LogP contribution in [0.15, 0.2) is 23.5 Å². The van der Waals surface area contributed by atoms with Gasteiger partial charge in [-0.3, -0.25) is 4.79 Å². The zero-order chi connectivity index (χ0) is 22.5. The van der Waals surface area contributed by atoms with Crippen LogP contribution in [-0.4, -0.2) is 20.6 Å². The average Bonchev–Trinajstić information content (AvgIpc) is 3.14. The normalized spacial score (nSPS) is 20.8. The third-order valence-electron chi connectivity index (χ3n) is 7.33. The molecular weight excluding hydrogens is 411 g/mol. The van der Waals surface area contributed by atoms with Gasteiger partial charge in [-0.1, -0.05) is 13.5 Å². The van der Waals surface area contributed by atoms with Gasteiger partial charge in [0.05, 0.1) is 29.0 Å². The number of carbonyl (C=O) groups is 1. The van der Waals surface area contributed by atoms with Gasteiger partial charge in [0.15, 0.2) is 5.60 Å². The minimum absolute atomic E-state index is 0.0790. The van der Waals surface area contributed by atoms with Crippen LogP contribution in [0.25, 0.3) is 27.9 Å². The summed E-state index contributed by atoms with van der Waals surface area (Å²) in [6.07, 6.45) is 1.49. The molecule has 1 atom stereocenters. The molecular formula is C25H21FN2O4. The predicted molar refractivity (Wildman–Crippen MR) is 117 cm³/mol. The van der Waals surface area contributed by atoms with Gasteiger partial charge in [-0.05, 0) is 54.5 Å². The van der Waals surface area contributed by atoms with E-state index >= 15 is 0 Å². The number of aromatic nitrogens is 2. The number of hydrogen-bond donors (Lipinski definition) is 1. The fraction of sp³-hybridized carbons (Fsp3) is 0.320. The number of hydrogen-bond acceptors (Lipinski definition) is 5. The molecule has 162 valence electrons. The van der Waals surface area contributed by atoms with Gasteiger partial charge in [-0.15, -0.1) is 0 Å². The molecule has 1 aliphatic carbocycles. The summed E-state index contributed by atoms with van der Waals surface area (Å²) in [4.78, 5) is 30.5. The molecule has 6 nitrogen and oxygen atoms in total. The number of benzene rings is 1. The Balaban J connectivity index is 1.71. The van der Waals surface area contributed by atoms with Gasteiger partial charge in [0.1, 0.15) is 12.4 Å². The first-order chi connectivity index (χ1) is 15.3. The molecule has 0 spiro atoms. The monoisotopic (exact) mass is 432 g/mol. The lowest BCUT2D eigenvalue weighted by atomic mass is 9.82. The van der Waals surface area contributed by atoms with Crippen molar-refractivity contribution in [2.75, 3.05) is 0 Å². The van der Waals surface area contributed by atoms with Gasteiger partial charge >= 0.3 is 5.97 Å². The molecule has 3 aromatic rings. The number of aryl methyl sites for hydroxylation is 1. The van der Waals surface area contributed by atoms with Crippen LogP contribution >= 0.6 is 0 Å². The highest BCUT2D eigenvalue weighted by Crippen LogP contribution is 2.45. The molecule has 6 rings (SSSR count). The van der Waals surface area contributed by atoms with Gasteiger partial charge in [0.25, 0.3) is 5.56 Å². The van der Waals surface area contributed by atoms with E-state index in [9.17, 15) is 19.1 Å². The zero-order valence-corrected chi connectivity index (χ0v) is 17.8. The van der Waals surface area contributed by atoms with Crippen LogP contribution in [-0.2, 0) is 34.7 Å². The summed E-state index contributed by atoms with van der Waals surface area (Å²) >= 11 is 0. The second kappa shape index (κ2) is 6.13. The molecule has 0 fully saturated rings. The number of nitrogens with zero attached hydrogens (tertiary/aromatic N) is 2. The summed E-state index contributed by atoms with van der Waals surface area (Å²) in [7, 11) is 0. The largest absolute Gasteiger partial charge is 0.458 e. The SMILES string of the molecule is C=C1CCc2c(C)c(F)cc3nc4c(c1c23)Cn1c-4cc2c(c1=O)COC(=O)[C@]2(O)CC. The van der Waals surface area contributed by atoms with Crippen LogP contribution in [0, 0.1) is 12.7 Å². The van der Waals surface area contributed by atoms with E-state index in [0.29, 0.717) is 41.9 Å². The van der Waals surface area contributed by atoms with Crippen LogP contribution in [0.5, 0.6) is 0 Å². The first-order valence-corrected chi connectivity index (χ1v) is 10.8. The molecule has 2 aromatic heterocycles. The van der Waals surface area contributed by atoms with Crippen molar-refractivity contribution in [1.29, 1.82) is 0 Å². The lowest BCUT2D eigenvalue weighted by molar-refractivity contribution is -0.172. The van der Waals surface area contributed by atoms with E-state index in [0.717, 1.165) is 27.6 Å². The molecule has 4 heterocycles. The van der Waals surface area contributed by atoms with E-state index in [1.165, 1.54) is 6.07 Å². The van der Waals surface area contributed by atoms with Crippen LogP contribution in [0.1, 0.15) is 53.1 Å². The summed E-state index contributed by atoms with van der Waals surface area (Å²) in [5, 5.41) is 11.9. The Bertz CT molecular complexity index is 1490. The van der Waals surface area contributed by atoms with Crippen molar-refractivity contribution < 1.29 is 19.0 Å². The predicted octanol–water partition coefficient (Wildman–Crippen LogP) is 3.49. The van der Waals surface area contributed by atoms with Crippen LogP contribution in [0.3, 0.4) is 0 Å². The number of aliphatic hydroxyl groups is 1. The minimum atomic E-state index is -1.88. The van der Waals surface area contributed by atoms with Crippen LogP contribution in [0.4, 0.5) is 4.39 Å². The molecule has 0 radical (unpaired) electrons. The summed E-state index contributed by atoms with van der Waals surface area (Å²) in [6, 6.07) is 3.12. The summed E-state index contributed by atoms with van der Waals surface area (Å²) in [6.45, 7) is 7.85. The maximum atomic E-state index is 14.7. The van der Waals surface area contributed by atoms with Crippen molar-refractivity contribution in [3.05, 3.63) is 68.3 Å². The van der Waals surface area contributed by atoms with E-state index in [4.69, 9.17) is 9.72 Å². The Morgan fingerprint density at radius 2 is 2.03 bits per heavy atom. The number of fused-ring (bicyclic) bond motifs is 5. The van der Waals surface area contributed by atoms with Crippen molar-refractivity contribution in [2.45, 2.75) is 51.9 Å². The Morgan fingerprint density at radius 3 is 2.78 bits per heavy atom. The fourth-order valence-electron chi connectivity index (χ4n) is 5.49. The van der Waals surface area contributed by atoms with E-state index in [1.807, 2.05) is 0 Å². The minimum Gasteiger partial charge on any atom is -0.458 e. The van der Waals surface area contributed by atoms with Crippen molar-refractivity contribution in [3.63, 3.8) is 0 Å². The maximum absolute atomic E-state index is 14.7. The number of cyclic esters (lactones) is 1. The van der Waals surface area contributed by atoms with E-state index in [2.05, 4.69) is 6.58 Å². The van der Waals surface area contributed by atoms with Crippen LogP contribution in [0.2, 0.25) is 0 Å². The van der Waals surface area contributed by atoms with Crippen molar-refractivity contribution in [1.82, 2.24) is 9.55 Å². The lowest BCUT2D eigenvalue weighted by Crippen LogP contribution is -2.44. The average molecular weight is 432 g/mol. The first-order valence-electron chi connectivity index (χ1n) is 10.8. The van der Waals surface area contributed by atoms with Crippen LogP contribution < -0.4 is 5.56 Å². The molecule has 0 saturated heterocycles. The van der Waals surface area contributed by atoms with Crippen molar-refractivity contribution in [2.24, 2.45) is 0 Å². The topological polar surface area (TPSA) is 81.4 Å². The van der Waals surface area contributed by atoms with Crippen molar-refractivity contribution >= 4 is 22.4 Å². The van der Waals surface area contributed by atoms with E-state index in [-0.39, 0.29) is 35.5 Å². The number of carbonyl (C=O) groups excluding carboxylic acids is 1. The molecule has 32 heavy (non-hydrogen) atoms. The molecule has 0 unspecified atom stereocenters. The fourth-order valence-corrected chi connectivity index (χ4v) is 5.49. The van der Waals surface area contributed by atoms with Gasteiger partial charge < -0.3 is 14.4 Å². The second-order valence-corrected chi connectivity index (χ2v) is 8.88. The highest BCUT2D eigenvalue weighted by atomic mass is 19.1. The number of allylic oxidation sites excluding steroid dienone is 1. The Morgan fingerprint density at radius 1 is 1.25 bits per heavy atom. The maximum Gasteiger partial charge on any atom is 0.343 e. The molecule has 3 aliphatic rings. The molecule has 7 heteroatoms. The summed E-state index contributed by atoms with van der Waals surface area (Å²) in [5.41, 5.74) is 4.31. The zero-order valence-electron chi connectivity index (χ0n) is 17.8. The number of halogens is 1. The number of esters is 1. The van der Waals surface area contributed by atoms with Gasteiger partial charge in [-0.25, -0.2) is 14.2 Å². The summed E-state index contributed by atoms with van der Waals surface area (Å²) < 4.78 is 21.4. The number of pyridine rings is 2. The molecule has 0 amide bonds. The highest BCUT2D eigenvalue weighted by molar-refractivity contribution is 6.00. The molecule has 2 aliphatic heterocycles. The van der Waals surface area contributed by atoms with E-state index < -0.39 is 11.6 Å². The molecule has 0 saturated carbocycles. The van der Waals surface area contributed by atoms with Gasteiger partial charge in [-0.2, -0.15) is 0 Å². The third-order valence-corrected chi connectivity index (χ3v) is 7.33. The first kappa shape index (κ1) is 19.4. The Kier molecular flexibility index (Phi) is 3.71. The smallest absolute Gasteiger partial charge is 0.343 e. The Labute approximate surface area is 183 Å². The molecule has 1 N–H and O–H groups in total. The lowest BCUT2D eigenvalue weighted by Gasteiger charge is -2.31. The van der Waals surface area contributed by atoms with E-state index in [1.54, 1.807) is 24.5 Å². The molecule has 1 aromatic carbocycles.